The number of carbonyl (C=O) groups excluding carboxylic acids is 3. The number of anilines is 1. The fraction of sp³-hybridized carbons (Fsp3) is 0.520. The number of aromatic amines is 1. The average molecular weight is 468 g/mol. The number of nitrogens with zero attached hydrogens (tertiary/aromatic N) is 3. The fourth-order valence-corrected chi connectivity index (χ4v) is 5.25. The number of H-pyrrole nitrogens is 1. The molecule has 1 aromatic carbocycles. The van der Waals surface area contributed by atoms with Gasteiger partial charge in [0.1, 0.15) is 12.8 Å². The molecule has 1 saturated carbocycles. The molecule has 34 heavy (non-hydrogen) atoms. The molecule has 2 aliphatic rings. The number of carbonyl (C=O) groups is 3. The predicted molar refractivity (Wildman–Crippen MR) is 128 cm³/mol. The molecule has 1 atom stereocenters. The molecule has 3 N–H and O–H groups in total. The molecule has 0 radical (unpaired) electrons. The predicted octanol–water partition coefficient (Wildman–Crippen LogP) is 3.58. The highest BCUT2D eigenvalue weighted by molar-refractivity contribution is 6.00. The number of aryl methyl sites for hydroxylation is 2. The summed E-state index contributed by atoms with van der Waals surface area (Å²) in [4.78, 5) is 41.1. The third-order valence-corrected chi connectivity index (χ3v) is 6.97. The van der Waals surface area contributed by atoms with Crippen molar-refractivity contribution in [2.24, 2.45) is 5.92 Å². The Kier molecular flexibility index (Phi) is 7.31. The molecule has 1 saturated heterocycles. The second-order valence-corrected chi connectivity index (χ2v) is 9.26. The first-order valence-corrected chi connectivity index (χ1v) is 12.1. The van der Waals surface area contributed by atoms with Crippen LogP contribution in [0.2, 0.25) is 0 Å². The molecule has 2 fully saturated rings. The number of nitrogens with one attached hydrogen (secondary N) is 2. The zero-order valence-electron chi connectivity index (χ0n) is 19.8. The Labute approximate surface area is 199 Å². The number of aliphatic hydroxyl groups excluding tert-OH is 1. The molecule has 1 aliphatic carbocycles. The van der Waals surface area contributed by atoms with Gasteiger partial charge in [0.15, 0.2) is 0 Å². The normalized spacial score (nSPS) is 17.6. The van der Waals surface area contributed by atoms with Crippen LogP contribution >= 0.6 is 0 Å². The topological polar surface area (TPSA) is 119 Å². The highest BCUT2D eigenvalue weighted by atomic mass is 16.3. The van der Waals surface area contributed by atoms with E-state index in [0.717, 1.165) is 59.5 Å². The highest BCUT2D eigenvalue weighted by Crippen LogP contribution is 2.31. The van der Waals surface area contributed by atoms with Gasteiger partial charge in [-0.25, -0.2) is 4.79 Å². The van der Waals surface area contributed by atoms with Gasteiger partial charge in [0, 0.05) is 29.9 Å². The van der Waals surface area contributed by atoms with Crippen molar-refractivity contribution in [1.29, 1.82) is 0 Å². The van der Waals surface area contributed by atoms with Crippen molar-refractivity contribution in [3.05, 3.63) is 35.7 Å². The van der Waals surface area contributed by atoms with E-state index in [0.29, 0.717) is 25.1 Å². The smallest absolute Gasteiger partial charge is 0.329 e. The van der Waals surface area contributed by atoms with E-state index in [1.54, 1.807) is 0 Å². The summed E-state index contributed by atoms with van der Waals surface area (Å²) in [5, 5.41) is 20.3. The molecule has 182 valence electrons. The van der Waals surface area contributed by atoms with Crippen LogP contribution in [0.1, 0.15) is 56.3 Å². The minimum atomic E-state index is -0.843. The zero-order chi connectivity index (χ0) is 24.2. The standard InChI is InChI=1S/C25H33N5O4/c1-16-22(17(2)28-27-16)18-10-12-20(13-11-18)26-24(33)23(19-7-4-3-5-8-19)30(15-31)25(34)29-14-6-9-21(29)32/h10-13,19,23,31H,3-9,14-15H2,1-2H3,(H,26,33)(H,27,28)/t23-/m0/s1. The Hall–Kier alpha value is -3.20. The summed E-state index contributed by atoms with van der Waals surface area (Å²) < 4.78 is 0. The van der Waals surface area contributed by atoms with Crippen molar-refractivity contribution < 1.29 is 19.5 Å². The molecular formula is C25H33N5O4. The SMILES string of the molecule is Cc1n[nH]c(C)c1-c1ccc(NC(=O)[C@H](C2CCCCC2)N(CO)C(=O)N2CCCC2=O)cc1. The van der Waals surface area contributed by atoms with E-state index >= 15 is 0 Å². The molecule has 4 rings (SSSR count). The van der Waals surface area contributed by atoms with E-state index in [2.05, 4.69) is 15.5 Å². The average Bonchev–Trinajstić information content (AvgIpc) is 3.42. The van der Waals surface area contributed by atoms with E-state index in [1.165, 1.54) is 4.90 Å². The van der Waals surface area contributed by atoms with Crippen LogP contribution in [0.25, 0.3) is 11.1 Å². The largest absolute Gasteiger partial charge is 0.376 e. The van der Waals surface area contributed by atoms with Crippen LogP contribution in [0.4, 0.5) is 10.5 Å². The van der Waals surface area contributed by atoms with E-state index < -0.39 is 18.8 Å². The quantitative estimate of drug-likeness (QED) is 0.561. The van der Waals surface area contributed by atoms with Crippen molar-refractivity contribution in [3.63, 3.8) is 0 Å². The van der Waals surface area contributed by atoms with Gasteiger partial charge < -0.3 is 10.4 Å². The first-order valence-electron chi connectivity index (χ1n) is 12.1. The molecule has 9 nitrogen and oxygen atoms in total. The number of imide groups is 1. The van der Waals surface area contributed by atoms with E-state index in [1.807, 2.05) is 38.1 Å². The van der Waals surface area contributed by atoms with Gasteiger partial charge in [-0.2, -0.15) is 5.10 Å². The molecule has 4 amide bonds. The minimum absolute atomic E-state index is 0.0712. The summed E-state index contributed by atoms with van der Waals surface area (Å²) >= 11 is 0. The Morgan fingerprint density at radius 3 is 2.44 bits per heavy atom. The summed E-state index contributed by atoms with van der Waals surface area (Å²) in [6, 6.07) is 6.07. The zero-order valence-corrected chi connectivity index (χ0v) is 19.8. The number of rotatable bonds is 6. The van der Waals surface area contributed by atoms with Crippen LogP contribution < -0.4 is 5.32 Å². The van der Waals surface area contributed by atoms with E-state index in [4.69, 9.17) is 0 Å². The second kappa shape index (κ2) is 10.4. The number of hydrogen-bond acceptors (Lipinski definition) is 5. The summed E-state index contributed by atoms with van der Waals surface area (Å²) in [6.45, 7) is 3.61. The molecule has 9 heteroatoms. The number of urea groups is 1. The maximum atomic E-state index is 13.5. The molecule has 1 aliphatic heterocycles. The van der Waals surface area contributed by atoms with Crippen LogP contribution in [0.15, 0.2) is 24.3 Å². The Morgan fingerprint density at radius 1 is 1.18 bits per heavy atom. The van der Waals surface area contributed by atoms with Gasteiger partial charge in [-0.15, -0.1) is 0 Å². The van der Waals surface area contributed by atoms with E-state index in [-0.39, 0.29) is 17.7 Å². The molecule has 2 heterocycles. The van der Waals surface area contributed by atoms with Gasteiger partial charge in [0.25, 0.3) is 0 Å². The maximum absolute atomic E-state index is 13.5. The number of likely N-dealkylation sites (tertiary alicyclic amines) is 1. The Bertz CT molecular complexity index is 1020. The lowest BCUT2D eigenvalue weighted by molar-refractivity contribution is -0.129. The highest BCUT2D eigenvalue weighted by Gasteiger charge is 2.40. The van der Waals surface area contributed by atoms with Crippen LogP contribution in [0, 0.1) is 19.8 Å². The van der Waals surface area contributed by atoms with Gasteiger partial charge in [0.05, 0.1) is 5.69 Å². The van der Waals surface area contributed by atoms with Gasteiger partial charge >= 0.3 is 6.03 Å². The first kappa shape index (κ1) is 23.9. The van der Waals surface area contributed by atoms with Crippen molar-refractivity contribution in [2.75, 3.05) is 18.6 Å². The molecular weight excluding hydrogens is 434 g/mol. The lowest BCUT2D eigenvalue weighted by atomic mass is 9.83. The molecule has 1 aromatic heterocycles. The minimum Gasteiger partial charge on any atom is -0.376 e. The number of benzene rings is 1. The van der Waals surface area contributed by atoms with Gasteiger partial charge in [-0.3, -0.25) is 24.5 Å². The monoisotopic (exact) mass is 467 g/mol. The van der Waals surface area contributed by atoms with Gasteiger partial charge in [-0.1, -0.05) is 31.4 Å². The first-order chi connectivity index (χ1) is 16.4. The third-order valence-electron chi connectivity index (χ3n) is 6.97. The van der Waals surface area contributed by atoms with Crippen LogP contribution in [0.5, 0.6) is 0 Å². The number of hydrogen-bond donors (Lipinski definition) is 3. The summed E-state index contributed by atoms with van der Waals surface area (Å²) in [7, 11) is 0. The van der Waals surface area contributed by atoms with Crippen LogP contribution in [0.3, 0.4) is 0 Å². The molecule has 2 aromatic rings. The molecule has 0 spiro atoms. The lowest BCUT2D eigenvalue weighted by Crippen LogP contribution is -2.56. The Balaban J connectivity index is 1.55. The van der Waals surface area contributed by atoms with Gasteiger partial charge in [-0.05, 0) is 56.7 Å². The van der Waals surface area contributed by atoms with Crippen molar-refractivity contribution in [3.8, 4) is 11.1 Å². The van der Waals surface area contributed by atoms with Crippen molar-refractivity contribution in [1.82, 2.24) is 20.0 Å². The second-order valence-electron chi connectivity index (χ2n) is 9.26. The van der Waals surface area contributed by atoms with Crippen LogP contribution in [-0.2, 0) is 9.59 Å². The summed E-state index contributed by atoms with van der Waals surface area (Å²) in [5.41, 5.74) is 4.51. The van der Waals surface area contributed by atoms with Crippen molar-refractivity contribution >= 4 is 23.5 Å². The Morgan fingerprint density at radius 2 is 1.88 bits per heavy atom. The molecule has 0 bridgehead atoms. The fourth-order valence-electron chi connectivity index (χ4n) is 5.25. The number of aliphatic hydroxyl groups is 1. The number of amides is 4. The number of aromatic nitrogens is 2. The molecule has 0 unspecified atom stereocenters. The van der Waals surface area contributed by atoms with E-state index in [9.17, 15) is 19.5 Å². The van der Waals surface area contributed by atoms with Crippen molar-refractivity contribution in [2.45, 2.75) is 64.8 Å². The lowest BCUT2D eigenvalue weighted by Gasteiger charge is -2.38. The third kappa shape index (κ3) is 4.84. The van der Waals surface area contributed by atoms with Crippen LogP contribution in [-0.4, -0.2) is 62.3 Å². The maximum Gasteiger partial charge on any atom is 0.329 e. The van der Waals surface area contributed by atoms with Gasteiger partial charge in [0.2, 0.25) is 11.8 Å². The summed E-state index contributed by atoms with van der Waals surface area (Å²) in [5.74, 6) is -0.672. The summed E-state index contributed by atoms with van der Waals surface area (Å²) in [6.07, 6.45) is 5.56.